The van der Waals surface area contributed by atoms with E-state index in [0.717, 1.165) is 31.2 Å². The maximum Gasteiger partial charge on any atom is 0.573 e. The molecule has 1 unspecified atom stereocenters. The van der Waals surface area contributed by atoms with Crippen molar-refractivity contribution < 1.29 is 27.8 Å². The molecule has 1 aromatic rings. The van der Waals surface area contributed by atoms with Gasteiger partial charge in [0.2, 0.25) is 0 Å². The standard InChI is InChI=1S/C18H22F3NO3/c19-18(20,21)25-15-3-1-2-13(10-15)16(11-4-5-11)22-14-8-6-12(7-9-14)17(23)24/h1-3,10-12,14,16,22H,4-9H2,(H,23,24). The molecule has 0 saturated heterocycles. The maximum atomic E-state index is 12.4. The van der Waals surface area contributed by atoms with Crippen LogP contribution in [0.1, 0.15) is 50.1 Å². The summed E-state index contributed by atoms with van der Waals surface area (Å²) in [4.78, 5) is 11.0. The second kappa shape index (κ2) is 7.23. The minimum absolute atomic E-state index is 0.0110. The van der Waals surface area contributed by atoms with Gasteiger partial charge in [-0.05, 0) is 62.1 Å². The lowest BCUT2D eigenvalue weighted by Crippen LogP contribution is -2.38. The highest BCUT2D eigenvalue weighted by molar-refractivity contribution is 5.70. The van der Waals surface area contributed by atoms with Crippen LogP contribution in [0, 0.1) is 11.8 Å². The first kappa shape index (κ1) is 18.0. The van der Waals surface area contributed by atoms with Crippen molar-refractivity contribution in [2.24, 2.45) is 11.8 Å². The molecule has 7 heteroatoms. The van der Waals surface area contributed by atoms with Crippen LogP contribution in [0.5, 0.6) is 5.75 Å². The van der Waals surface area contributed by atoms with Gasteiger partial charge in [-0.2, -0.15) is 0 Å². The predicted molar refractivity (Wildman–Crippen MR) is 85.1 cm³/mol. The van der Waals surface area contributed by atoms with Gasteiger partial charge >= 0.3 is 12.3 Å². The Balaban J connectivity index is 1.66. The molecule has 0 spiro atoms. The van der Waals surface area contributed by atoms with Crippen LogP contribution in [0.3, 0.4) is 0 Å². The van der Waals surface area contributed by atoms with E-state index in [1.54, 1.807) is 6.07 Å². The molecule has 0 aliphatic heterocycles. The number of benzene rings is 1. The van der Waals surface area contributed by atoms with Crippen LogP contribution in [-0.2, 0) is 4.79 Å². The Hall–Kier alpha value is -1.76. The molecule has 138 valence electrons. The Morgan fingerprint density at radius 1 is 1.16 bits per heavy atom. The number of hydrogen-bond acceptors (Lipinski definition) is 3. The van der Waals surface area contributed by atoms with E-state index in [1.165, 1.54) is 12.1 Å². The summed E-state index contributed by atoms with van der Waals surface area (Å²) in [6.45, 7) is 0. The average molecular weight is 357 g/mol. The van der Waals surface area contributed by atoms with Crippen LogP contribution in [0.4, 0.5) is 13.2 Å². The highest BCUT2D eigenvalue weighted by atomic mass is 19.4. The second-order valence-electron chi connectivity index (χ2n) is 6.99. The average Bonchev–Trinajstić information content (AvgIpc) is 3.36. The molecule has 0 radical (unpaired) electrons. The van der Waals surface area contributed by atoms with Gasteiger partial charge in [0.25, 0.3) is 0 Å². The number of hydrogen-bond donors (Lipinski definition) is 2. The van der Waals surface area contributed by atoms with E-state index in [-0.39, 0.29) is 23.8 Å². The zero-order valence-corrected chi connectivity index (χ0v) is 13.8. The third kappa shape index (κ3) is 5.11. The summed E-state index contributed by atoms with van der Waals surface area (Å²) < 4.78 is 41.3. The van der Waals surface area contributed by atoms with Crippen molar-refractivity contribution in [2.45, 2.75) is 57.0 Å². The van der Waals surface area contributed by atoms with Gasteiger partial charge in [-0.3, -0.25) is 4.79 Å². The van der Waals surface area contributed by atoms with Crippen LogP contribution in [0.2, 0.25) is 0 Å². The minimum atomic E-state index is -4.70. The van der Waals surface area contributed by atoms with E-state index < -0.39 is 12.3 Å². The first-order chi connectivity index (χ1) is 11.8. The molecule has 25 heavy (non-hydrogen) atoms. The van der Waals surface area contributed by atoms with Gasteiger partial charge in [-0.1, -0.05) is 12.1 Å². The molecule has 4 nitrogen and oxygen atoms in total. The lowest BCUT2D eigenvalue weighted by molar-refractivity contribution is -0.274. The van der Waals surface area contributed by atoms with Crippen molar-refractivity contribution >= 4 is 5.97 Å². The highest BCUT2D eigenvalue weighted by Gasteiger charge is 2.36. The summed E-state index contributed by atoms with van der Waals surface area (Å²) in [6.07, 6.45) is 0.233. The van der Waals surface area contributed by atoms with Crippen molar-refractivity contribution in [1.82, 2.24) is 5.32 Å². The number of carboxylic acids is 1. The monoisotopic (exact) mass is 357 g/mol. The fraction of sp³-hybridized carbons (Fsp3) is 0.611. The maximum absolute atomic E-state index is 12.4. The number of ether oxygens (including phenoxy) is 1. The zero-order chi connectivity index (χ0) is 18.0. The molecule has 0 heterocycles. The molecule has 0 aromatic heterocycles. The zero-order valence-electron chi connectivity index (χ0n) is 13.8. The van der Waals surface area contributed by atoms with Crippen molar-refractivity contribution in [1.29, 1.82) is 0 Å². The van der Waals surface area contributed by atoms with Crippen LogP contribution in [0.25, 0.3) is 0 Å². The summed E-state index contributed by atoms with van der Waals surface area (Å²) in [5.41, 5.74) is 0.796. The molecule has 3 rings (SSSR count). The number of carboxylic acid groups (broad SMARTS) is 1. The molecule has 2 N–H and O–H groups in total. The van der Waals surface area contributed by atoms with Gasteiger partial charge in [0.05, 0.1) is 5.92 Å². The molecule has 0 amide bonds. The molecule has 0 bridgehead atoms. The predicted octanol–water partition coefficient (Wildman–Crippen LogP) is 4.27. The number of nitrogens with one attached hydrogen (secondary N) is 1. The van der Waals surface area contributed by atoms with E-state index in [2.05, 4.69) is 10.1 Å². The number of carbonyl (C=O) groups is 1. The van der Waals surface area contributed by atoms with E-state index >= 15 is 0 Å². The van der Waals surface area contributed by atoms with Gasteiger partial charge < -0.3 is 15.2 Å². The highest BCUT2D eigenvalue weighted by Crippen LogP contribution is 2.43. The smallest absolute Gasteiger partial charge is 0.481 e. The van der Waals surface area contributed by atoms with Crippen molar-refractivity contribution in [3.63, 3.8) is 0 Å². The third-order valence-electron chi connectivity index (χ3n) is 5.04. The topological polar surface area (TPSA) is 58.6 Å². The summed E-state index contributed by atoms with van der Waals surface area (Å²) in [5.74, 6) is -0.805. The summed E-state index contributed by atoms with van der Waals surface area (Å²) in [5, 5.41) is 12.6. The summed E-state index contributed by atoms with van der Waals surface area (Å²) in [6, 6.07) is 6.35. The second-order valence-corrected chi connectivity index (χ2v) is 6.99. The van der Waals surface area contributed by atoms with Gasteiger partial charge in [0.1, 0.15) is 5.75 Å². The minimum Gasteiger partial charge on any atom is -0.481 e. The molecule has 2 saturated carbocycles. The summed E-state index contributed by atoms with van der Waals surface area (Å²) in [7, 11) is 0. The van der Waals surface area contributed by atoms with Crippen molar-refractivity contribution in [2.75, 3.05) is 0 Å². The molecule has 2 fully saturated rings. The largest absolute Gasteiger partial charge is 0.573 e. The van der Waals surface area contributed by atoms with Gasteiger partial charge in [-0.15, -0.1) is 13.2 Å². The third-order valence-corrected chi connectivity index (χ3v) is 5.04. The van der Waals surface area contributed by atoms with Crippen molar-refractivity contribution in [3.8, 4) is 5.75 Å². The normalized spacial score (nSPS) is 25.4. The Morgan fingerprint density at radius 2 is 1.84 bits per heavy atom. The van der Waals surface area contributed by atoms with Gasteiger partial charge in [-0.25, -0.2) is 0 Å². The van der Waals surface area contributed by atoms with Crippen LogP contribution in [0.15, 0.2) is 24.3 Å². The van der Waals surface area contributed by atoms with E-state index in [1.807, 2.05) is 6.07 Å². The number of alkyl halides is 3. The molecular formula is C18H22F3NO3. The van der Waals surface area contributed by atoms with Crippen LogP contribution >= 0.6 is 0 Å². The Kier molecular flexibility index (Phi) is 5.22. The molecular weight excluding hydrogens is 335 g/mol. The van der Waals surface area contributed by atoms with E-state index in [0.29, 0.717) is 18.8 Å². The van der Waals surface area contributed by atoms with Crippen LogP contribution in [-0.4, -0.2) is 23.5 Å². The van der Waals surface area contributed by atoms with E-state index in [4.69, 9.17) is 5.11 Å². The fourth-order valence-corrected chi connectivity index (χ4v) is 3.60. The molecule has 2 aliphatic carbocycles. The number of aliphatic carboxylic acids is 1. The fourth-order valence-electron chi connectivity index (χ4n) is 3.60. The SMILES string of the molecule is O=C(O)C1CCC(NC(c2cccc(OC(F)(F)F)c2)C2CC2)CC1. The van der Waals surface area contributed by atoms with E-state index in [9.17, 15) is 18.0 Å². The van der Waals surface area contributed by atoms with Crippen LogP contribution < -0.4 is 10.1 Å². The number of halogens is 3. The van der Waals surface area contributed by atoms with Gasteiger partial charge in [0, 0.05) is 12.1 Å². The Bertz CT molecular complexity index is 608. The lowest BCUT2D eigenvalue weighted by Gasteiger charge is -2.31. The van der Waals surface area contributed by atoms with Gasteiger partial charge in [0.15, 0.2) is 0 Å². The number of rotatable bonds is 6. The first-order valence-electron chi connectivity index (χ1n) is 8.66. The molecule has 1 atom stereocenters. The first-order valence-corrected chi connectivity index (χ1v) is 8.66. The quantitative estimate of drug-likeness (QED) is 0.798. The molecule has 2 aliphatic rings. The Labute approximate surface area is 144 Å². The van der Waals surface area contributed by atoms with Crippen molar-refractivity contribution in [3.05, 3.63) is 29.8 Å². The Morgan fingerprint density at radius 3 is 2.40 bits per heavy atom. The summed E-state index contributed by atoms with van der Waals surface area (Å²) >= 11 is 0. The lowest BCUT2D eigenvalue weighted by atomic mass is 9.85. The molecule has 1 aromatic carbocycles.